The van der Waals surface area contributed by atoms with Gasteiger partial charge in [-0.2, -0.15) is 5.10 Å². The van der Waals surface area contributed by atoms with Crippen LogP contribution in [0.5, 0.6) is 5.75 Å². The molecule has 2 N–H and O–H groups in total. The highest BCUT2D eigenvalue weighted by molar-refractivity contribution is 7.22. The number of amides is 1. The molecule has 0 aliphatic rings. The van der Waals surface area contributed by atoms with E-state index in [1.165, 1.54) is 11.3 Å². The maximum absolute atomic E-state index is 12.8. The van der Waals surface area contributed by atoms with Crippen LogP contribution in [0.2, 0.25) is 0 Å². The van der Waals surface area contributed by atoms with Gasteiger partial charge in [0.1, 0.15) is 17.8 Å². The third-order valence-electron chi connectivity index (χ3n) is 4.73. The van der Waals surface area contributed by atoms with Crippen molar-refractivity contribution in [2.45, 2.75) is 13.5 Å². The van der Waals surface area contributed by atoms with Crippen LogP contribution in [0.4, 0.5) is 5.13 Å². The first-order valence-electron chi connectivity index (χ1n) is 9.42. The highest BCUT2D eigenvalue weighted by Gasteiger charge is 2.14. The molecule has 0 spiro atoms. The molecule has 0 aliphatic heterocycles. The number of H-pyrrole nitrogens is 1. The van der Waals surface area contributed by atoms with E-state index in [0.29, 0.717) is 17.3 Å². The number of carbonyl (C=O) groups is 1. The summed E-state index contributed by atoms with van der Waals surface area (Å²) in [5.74, 6) is 0.387. The van der Waals surface area contributed by atoms with Gasteiger partial charge >= 0.3 is 0 Å². The van der Waals surface area contributed by atoms with Crippen molar-refractivity contribution in [1.82, 2.24) is 19.7 Å². The molecular weight excluding hydrogens is 402 g/mol. The Balaban J connectivity index is 1.39. The molecule has 0 unspecified atom stereocenters. The Kier molecular flexibility index (Phi) is 4.44. The quantitative estimate of drug-likeness (QED) is 0.454. The van der Waals surface area contributed by atoms with E-state index in [2.05, 4.69) is 20.4 Å². The van der Waals surface area contributed by atoms with Crippen molar-refractivity contribution in [1.29, 1.82) is 0 Å². The third kappa shape index (κ3) is 3.18. The number of thiazole rings is 1. The average Bonchev–Trinajstić information content (AvgIpc) is 3.31. The van der Waals surface area contributed by atoms with E-state index in [-0.39, 0.29) is 18.0 Å². The summed E-state index contributed by atoms with van der Waals surface area (Å²) in [7, 11) is 0. The van der Waals surface area contributed by atoms with Gasteiger partial charge in [0.15, 0.2) is 5.13 Å². The summed E-state index contributed by atoms with van der Waals surface area (Å²) in [4.78, 5) is 32.8. The lowest BCUT2D eigenvalue weighted by atomic mass is 10.2. The molecule has 0 radical (unpaired) electrons. The molecule has 0 saturated carbocycles. The van der Waals surface area contributed by atoms with Gasteiger partial charge in [-0.25, -0.2) is 9.67 Å². The lowest BCUT2D eigenvalue weighted by molar-refractivity contribution is -0.117. The van der Waals surface area contributed by atoms with Crippen LogP contribution in [-0.4, -0.2) is 32.3 Å². The number of ether oxygens (including phenoxy) is 1. The minimum Gasteiger partial charge on any atom is -0.494 e. The first-order valence-corrected chi connectivity index (χ1v) is 10.2. The predicted octanol–water partition coefficient (Wildman–Crippen LogP) is 3.52. The normalized spacial score (nSPS) is 11.4. The molecule has 0 bridgehead atoms. The highest BCUT2D eigenvalue weighted by atomic mass is 32.1. The highest BCUT2D eigenvalue weighted by Crippen LogP contribution is 2.29. The molecule has 5 aromatic rings. The molecule has 9 heteroatoms. The summed E-state index contributed by atoms with van der Waals surface area (Å²) in [6, 6.07) is 13.2. The predicted molar refractivity (Wildman–Crippen MR) is 117 cm³/mol. The van der Waals surface area contributed by atoms with Gasteiger partial charge in [0.2, 0.25) is 5.91 Å². The number of fused-ring (bicyclic) bond motifs is 4. The van der Waals surface area contributed by atoms with Crippen molar-refractivity contribution in [2.24, 2.45) is 0 Å². The monoisotopic (exact) mass is 419 g/mol. The van der Waals surface area contributed by atoms with Crippen molar-refractivity contribution < 1.29 is 9.53 Å². The summed E-state index contributed by atoms with van der Waals surface area (Å²) >= 11 is 1.35. The molecule has 0 saturated heterocycles. The Morgan fingerprint density at radius 2 is 2.10 bits per heavy atom. The lowest BCUT2D eigenvalue weighted by Crippen LogP contribution is -2.29. The van der Waals surface area contributed by atoms with E-state index >= 15 is 0 Å². The fourth-order valence-corrected chi connectivity index (χ4v) is 4.31. The topological polar surface area (TPSA) is 102 Å². The van der Waals surface area contributed by atoms with Crippen LogP contribution >= 0.6 is 11.3 Å². The number of aromatic amines is 1. The van der Waals surface area contributed by atoms with Gasteiger partial charge < -0.3 is 15.0 Å². The molecule has 0 atom stereocenters. The average molecular weight is 419 g/mol. The first kappa shape index (κ1) is 18.3. The van der Waals surface area contributed by atoms with Gasteiger partial charge in [-0.1, -0.05) is 29.5 Å². The van der Waals surface area contributed by atoms with E-state index in [1.54, 1.807) is 6.20 Å². The third-order valence-corrected chi connectivity index (χ3v) is 5.66. The van der Waals surface area contributed by atoms with Crippen LogP contribution < -0.4 is 15.6 Å². The molecule has 3 aromatic heterocycles. The largest absolute Gasteiger partial charge is 0.494 e. The van der Waals surface area contributed by atoms with Crippen molar-refractivity contribution in [2.75, 3.05) is 11.9 Å². The number of hydrogen-bond donors (Lipinski definition) is 2. The number of anilines is 1. The molecule has 150 valence electrons. The standard InChI is InChI=1S/C21H17N5O3S/c1-2-29-12-7-8-16-17(9-12)30-21(24-16)25-18(27)11-26-20(28)19-14(10-22-26)13-5-3-4-6-15(13)23-19/h3-10,23H,2,11H2,1H3,(H,24,25,27). The molecule has 30 heavy (non-hydrogen) atoms. The maximum Gasteiger partial charge on any atom is 0.291 e. The Hall–Kier alpha value is -3.72. The Bertz CT molecular complexity index is 1470. The van der Waals surface area contributed by atoms with Gasteiger partial charge in [-0.05, 0) is 31.2 Å². The molecule has 1 amide bonds. The summed E-state index contributed by atoms with van der Waals surface area (Å²) < 4.78 is 7.55. The number of nitrogens with zero attached hydrogens (tertiary/aromatic N) is 3. The molecule has 0 aliphatic carbocycles. The number of rotatable bonds is 5. The number of para-hydroxylation sites is 1. The number of carbonyl (C=O) groups excluding carboxylic acids is 1. The van der Waals surface area contributed by atoms with E-state index < -0.39 is 0 Å². The molecular formula is C21H17N5O3S. The van der Waals surface area contributed by atoms with Crippen LogP contribution in [-0.2, 0) is 11.3 Å². The Labute approximate surface area is 174 Å². The summed E-state index contributed by atoms with van der Waals surface area (Å²) in [5, 5.41) is 9.05. The number of benzene rings is 2. The SMILES string of the molecule is CCOc1ccc2nc(NC(=O)Cn3ncc4c([nH]c5ccccc54)c3=O)sc2c1. The van der Waals surface area contributed by atoms with Gasteiger partial charge in [0.05, 0.1) is 23.0 Å². The van der Waals surface area contributed by atoms with Crippen LogP contribution in [0.25, 0.3) is 32.0 Å². The number of nitrogens with one attached hydrogen (secondary N) is 2. The lowest BCUT2D eigenvalue weighted by Gasteiger charge is -2.04. The maximum atomic E-state index is 12.8. The van der Waals surface area contributed by atoms with Crippen molar-refractivity contribution >= 4 is 54.4 Å². The second kappa shape index (κ2) is 7.27. The summed E-state index contributed by atoms with van der Waals surface area (Å²) in [6.07, 6.45) is 1.61. The number of hydrogen-bond acceptors (Lipinski definition) is 6. The molecule has 3 heterocycles. The Morgan fingerprint density at radius 3 is 2.97 bits per heavy atom. The van der Waals surface area contributed by atoms with Gasteiger partial charge in [0, 0.05) is 16.3 Å². The second-order valence-corrected chi connectivity index (χ2v) is 7.73. The zero-order chi connectivity index (χ0) is 20.7. The van der Waals surface area contributed by atoms with Crippen molar-refractivity contribution in [3.8, 4) is 5.75 Å². The molecule has 0 fully saturated rings. The van der Waals surface area contributed by atoms with Crippen LogP contribution in [0.15, 0.2) is 53.5 Å². The summed E-state index contributed by atoms with van der Waals surface area (Å²) in [6.45, 7) is 2.30. The fraction of sp³-hybridized carbons (Fsp3) is 0.143. The van der Waals surface area contributed by atoms with E-state index in [9.17, 15) is 9.59 Å². The first-order chi connectivity index (χ1) is 14.6. The molecule has 2 aromatic carbocycles. The summed E-state index contributed by atoms with van der Waals surface area (Å²) in [5.41, 5.74) is 1.72. The van der Waals surface area contributed by atoms with Gasteiger partial charge in [0.25, 0.3) is 5.56 Å². The van der Waals surface area contributed by atoms with E-state index in [1.807, 2.05) is 49.4 Å². The van der Waals surface area contributed by atoms with Crippen molar-refractivity contribution in [3.05, 3.63) is 59.0 Å². The van der Waals surface area contributed by atoms with Crippen LogP contribution in [0.1, 0.15) is 6.92 Å². The fourth-order valence-electron chi connectivity index (χ4n) is 3.40. The smallest absolute Gasteiger partial charge is 0.291 e. The minimum atomic E-state index is -0.371. The second-order valence-electron chi connectivity index (χ2n) is 6.70. The van der Waals surface area contributed by atoms with Crippen LogP contribution in [0.3, 0.4) is 0 Å². The van der Waals surface area contributed by atoms with Gasteiger partial charge in [-0.15, -0.1) is 0 Å². The van der Waals surface area contributed by atoms with E-state index in [4.69, 9.17) is 4.74 Å². The molecule has 8 nitrogen and oxygen atoms in total. The van der Waals surface area contributed by atoms with Crippen molar-refractivity contribution in [3.63, 3.8) is 0 Å². The zero-order valence-corrected chi connectivity index (χ0v) is 16.8. The van der Waals surface area contributed by atoms with E-state index in [0.717, 1.165) is 36.9 Å². The van der Waals surface area contributed by atoms with Crippen LogP contribution in [0, 0.1) is 0 Å². The molecule has 5 rings (SSSR count). The Morgan fingerprint density at radius 1 is 1.23 bits per heavy atom. The van der Waals surface area contributed by atoms with Gasteiger partial charge in [-0.3, -0.25) is 9.59 Å². The number of aromatic nitrogens is 4. The zero-order valence-electron chi connectivity index (χ0n) is 16.0. The minimum absolute atomic E-state index is 0.204.